The molecule has 1 fully saturated rings. The molecule has 1 saturated carbocycles. The average Bonchev–Trinajstić information content (AvgIpc) is 2.85. The van der Waals surface area contributed by atoms with E-state index in [1.807, 2.05) is 6.07 Å². The molecular formula is C10H13NO2. The van der Waals surface area contributed by atoms with Crippen LogP contribution in [-0.2, 0) is 5.54 Å². The van der Waals surface area contributed by atoms with Gasteiger partial charge in [0.15, 0.2) is 11.5 Å². The van der Waals surface area contributed by atoms with E-state index < -0.39 is 0 Å². The van der Waals surface area contributed by atoms with Crippen molar-refractivity contribution in [3.05, 3.63) is 23.8 Å². The summed E-state index contributed by atoms with van der Waals surface area (Å²) in [5, 5.41) is 9.50. The van der Waals surface area contributed by atoms with Crippen LogP contribution >= 0.6 is 0 Å². The molecule has 0 atom stereocenters. The summed E-state index contributed by atoms with van der Waals surface area (Å²) in [6, 6.07) is 5.34. The Morgan fingerprint density at radius 1 is 1.46 bits per heavy atom. The van der Waals surface area contributed by atoms with Crippen molar-refractivity contribution in [1.82, 2.24) is 0 Å². The maximum Gasteiger partial charge on any atom is 0.160 e. The number of hydrogen-bond acceptors (Lipinski definition) is 3. The molecule has 3 nitrogen and oxygen atoms in total. The monoisotopic (exact) mass is 179 g/mol. The van der Waals surface area contributed by atoms with E-state index in [-0.39, 0.29) is 11.3 Å². The average molecular weight is 179 g/mol. The molecule has 0 unspecified atom stereocenters. The first-order chi connectivity index (χ1) is 6.15. The summed E-state index contributed by atoms with van der Waals surface area (Å²) in [7, 11) is 1.53. The minimum absolute atomic E-state index is 0.164. The quantitative estimate of drug-likeness (QED) is 0.720. The third kappa shape index (κ3) is 1.35. The molecule has 1 aliphatic carbocycles. The molecule has 1 aromatic carbocycles. The molecule has 0 saturated heterocycles. The van der Waals surface area contributed by atoms with E-state index in [9.17, 15) is 5.11 Å². The largest absolute Gasteiger partial charge is 0.504 e. The smallest absolute Gasteiger partial charge is 0.160 e. The maximum absolute atomic E-state index is 9.50. The molecule has 0 bridgehead atoms. The molecule has 0 aliphatic heterocycles. The third-order valence-electron chi connectivity index (χ3n) is 2.54. The van der Waals surface area contributed by atoms with Gasteiger partial charge in [0.1, 0.15) is 0 Å². The normalized spacial score (nSPS) is 18.3. The van der Waals surface area contributed by atoms with Crippen molar-refractivity contribution in [3.63, 3.8) is 0 Å². The van der Waals surface area contributed by atoms with Crippen LogP contribution in [0, 0.1) is 0 Å². The zero-order chi connectivity index (χ0) is 9.47. The number of phenolic OH excluding ortho intramolecular Hbond substituents is 1. The Kier molecular flexibility index (Phi) is 1.70. The Balaban J connectivity index is 2.36. The van der Waals surface area contributed by atoms with E-state index in [0.717, 1.165) is 18.4 Å². The molecule has 0 spiro atoms. The highest BCUT2D eigenvalue weighted by Crippen LogP contribution is 2.44. The van der Waals surface area contributed by atoms with Crippen molar-refractivity contribution < 1.29 is 9.84 Å². The van der Waals surface area contributed by atoms with Crippen molar-refractivity contribution >= 4 is 0 Å². The third-order valence-corrected chi connectivity index (χ3v) is 2.54. The van der Waals surface area contributed by atoms with Gasteiger partial charge in [-0.3, -0.25) is 0 Å². The lowest BCUT2D eigenvalue weighted by atomic mass is 10.1. The summed E-state index contributed by atoms with van der Waals surface area (Å²) in [6.45, 7) is 0. The van der Waals surface area contributed by atoms with Gasteiger partial charge in [-0.2, -0.15) is 0 Å². The second-order valence-corrected chi connectivity index (χ2v) is 3.54. The molecule has 3 N–H and O–H groups in total. The second-order valence-electron chi connectivity index (χ2n) is 3.54. The van der Waals surface area contributed by atoms with Gasteiger partial charge in [0, 0.05) is 5.54 Å². The Hall–Kier alpha value is -1.22. The van der Waals surface area contributed by atoms with E-state index in [4.69, 9.17) is 10.5 Å². The minimum Gasteiger partial charge on any atom is -0.504 e. The van der Waals surface area contributed by atoms with E-state index in [1.165, 1.54) is 7.11 Å². The number of hydrogen-bond donors (Lipinski definition) is 2. The number of ether oxygens (including phenoxy) is 1. The van der Waals surface area contributed by atoms with Crippen molar-refractivity contribution in [1.29, 1.82) is 0 Å². The summed E-state index contributed by atoms with van der Waals surface area (Å²) >= 11 is 0. The molecule has 2 rings (SSSR count). The van der Waals surface area contributed by atoms with Crippen molar-refractivity contribution in [2.75, 3.05) is 7.11 Å². The topological polar surface area (TPSA) is 55.5 Å². The zero-order valence-electron chi connectivity index (χ0n) is 7.58. The fourth-order valence-electron chi connectivity index (χ4n) is 1.42. The lowest BCUT2D eigenvalue weighted by molar-refractivity contribution is 0.372. The zero-order valence-corrected chi connectivity index (χ0v) is 7.58. The van der Waals surface area contributed by atoms with Crippen LogP contribution in [0.25, 0.3) is 0 Å². The summed E-state index contributed by atoms with van der Waals surface area (Å²) in [5.74, 6) is 0.657. The number of methoxy groups -OCH3 is 1. The predicted molar refractivity (Wildman–Crippen MR) is 49.8 cm³/mol. The Labute approximate surface area is 77.1 Å². The number of rotatable bonds is 2. The van der Waals surface area contributed by atoms with Gasteiger partial charge in [0.05, 0.1) is 7.11 Å². The van der Waals surface area contributed by atoms with Crippen molar-refractivity contribution in [2.24, 2.45) is 5.73 Å². The van der Waals surface area contributed by atoms with Crippen LogP contribution in [0.1, 0.15) is 18.4 Å². The summed E-state index contributed by atoms with van der Waals surface area (Å²) < 4.78 is 4.94. The summed E-state index contributed by atoms with van der Waals surface area (Å²) in [5.41, 5.74) is 6.78. The van der Waals surface area contributed by atoms with Crippen LogP contribution in [-0.4, -0.2) is 12.2 Å². The van der Waals surface area contributed by atoms with Gasteiger partial charge in [0.2, 0.25) is 0 Å². The van der Waals surface area contributed by atoms with Gasteiger partial charge in [0.25, 0.3) is 0 Å². The van der Waals surface area contributed by atoms with Crippen LogP contribution < -0.4 is 10.5 Å². The van der Waals surface area contributed by atoms with Gasteiger partial charge in [-0.15, -0.1) is 0 Å². The number of aromatic hydroxyl groups is 1. The summed E-state index contributed by atoms with van der Waals surface area (Å²) in [4.78, 5) is 0. The van der Waals surface area contributed by atoms with E-state index >= 15 is 0 Å². The van der Waals surface area contributed by atoms with Gasteiger partial charge in [-0.25, -0.2) is 0 Å². The van der Waals surface area contributed by atoms with Gasteiger partial charge in [-0.1, -0.05) is 6.07 Å². The second kappa shape index (κ2) is 2.64. The first kappa shape index (κ1) is 8.38. The van der Waals surface area contributed by atoms with Crippen LogP contribution in [0.3, 0.4) is 0 Å². The number of nitrogens with two attached hydrogens (primary N) is 1. The highest BCUT2D eigenvalue weighted by Gasteiger charge is 2.40. The minimum atomic E-state index is -0.191. The fraction of sp³-hybridized carbons (Fsp3) is 0.400. The molecule has 1 aliphatic rings. The first-order valence-electron chi connectivity index (χ1n) is 4.32. The molecule has 70 valence electrons. The molecule has 0 amide bonds. The van der Waals surface area contributed by atoms with Crippen LogP contribution in [0.4, 0.5) is 0 Å². The maximum atomic E-state index is 9.50. The molecule has 1 aromatic rings. The van der Waals surface area contributed by atoms with Crippen molar-refractivity contribution in [2.45, 2.75) is 18.4 Å². The van der Waals surface area contributed by atoms with Gasteiger partial charge in [-0.05, 0) is 30.5 Å². The first-order valence-corrected chi connectivity index (χ1v) is 4.32. The lowest BCUT2D eigenvalue weighted by Gasteiger charge is -2.10. The number of benzene rings is 1. The fourth-order valence-corrected chi connectivity index (χ4v) is 1.42. The van der Waals surface area contributed by atoms with E-state index in [0.29, 0.717) is 5.75 Å². The molecule has 3 heteroatoms. The molecule has 0 aromatic heterocycles. The Morgan fingerprint density at radius 3 is 2.62 bits per heavy atom. The highest BCUT2D eigenvalue weighted by molar-refractivity contribution is 5.45. The van der Waals surface area contributed by atoms with Crippen LogP contribution in [0.15, 0.2) is 18.2 Å². The van der Waals surface area contributed by atoms with Crippen LogP contribution in [0.2, 0.25) is 0 Å². The standard InChI is InChI=1S/C10H13NO2/c1-13-9-3-2-7(6-8(9)12)10(11)4-5-10/h2-3,6,12H,4-5,11H2,1H3. The van der Waals surface area contributed by atoms with Gasteiger partial charge < -0.3 is 15.6 Å². The Bertz CT molecular complexity index is 332. The van der Waals surface area contributed by atoms with Gasteiger partial charge >= 0.3 is 0 Å². The Morgan fingerprint density at radius 2 is 2.15 bits per heavy atom. The summed E-state index contributed by atoms with van der Waals surface area (Å²) in [6.07, 6.45) is 2.00. The van der Waals surface area contributed by atoms with E-state index in [2.05, 4.69) is 0 Å². The molecule has 13 heavy (non-hydrogen) atoms. The molecule has 0 radical (unpaired) electrons. The van der Waals surface area contributed by atoms with E-state index in [1.54, 1.807) is 12.1 Å². The highest BCUT2D eigenvalue weighted by atomic mass is 16.5. The SMILES string of the molecule is COc1ccc(C2(N)CC2)cc1O. The number of phenols is 1. The predicted octanol–water partition coefficient (Wildman–Crippen LogP) is 1.35. The van der Waals surface area contributed by atoms with Crippen LogP contribution in [0.5, 0.6) is 11.5 Å². The van der Waals surface area contributed by atoms with Crippen molar-refractivity contribution in [3.8, 4) is 11.5 Å². The molecular weight excluding hydrogens is 166 g/mol. The lowest BCUT2D eigenvalue weighted by Crippen LogP contribution is -2.18. The molecule has 0 heterocycles.